The van der Waals surface area contributed by atoms with Crippen LogP contribution in [0.4, 0.5) is 0 Å². The average Bonchev–Trinajstić information content (AvgIpc) is 3.18. The number of carbonyl (C=O) groups is 1. The van der Waals surface area contributed by atoms with Crippen molar-refractivity contribution in [1.29, 1.82) is 0 Å². The number of carbonyl (C=O) groups excluding carboxylic acids is 1. The maximum Gasteiger partial charge on any atom is 0.254 e. The Bertz CT molecular complexity index is 753. The zero-order valence-corrected chi connectivity index (χ0v) is 17.0. The normalized spacial score (nSPS) is 31.8. The first-order valence-electron chi connectivity index (χ1n) is 10.7. The van der Waals surface area contributed by atoms with E-state index in [9.17, 15) is 4.79 Å². The van der Waals surface area contributed by atoms with Crippen LogP contribution in [-0.2, 0) is 0 Å². The van der Waals surface area contributed by atoms with Gasteiger partial charge < -0.3 is 19.3 Å². The average molecular weight is 386 g/mol. The first-order valence-corrected chi connectivity index (χ1v) is 10.7. The predicted octanol–water partition coefficient (Wildman–Crippen LogP) is 2.29. The van der Waals surface area contributed by atoms with Crippen molar-refractivity contribution in [3.05, 3.63) is 23.8 Å². The van der Waals surface area contributed by atoms with Crippen LogP contribution in [0.5, 0.6) is 11.5 Å². The summed E-state index contributed by atoms with van der Waals surface area (Å²) in [6.45, 7) is 4.31. The Morgan fingerprint density at radius 3 is 2.82 bits per heavy atom. The molecule has 4 atom stereocenters. The molecule has 4 aliphatic rings. The number of likely N-dealkylation sites (tertiary alicyclic amines) is 1. The van der Waals surface area contributed by atoms with Gasteiger partial charge in [-0.15, -0.1) is 0 Å². The van der Waals surface area contributed by atoms with Gasteiger partial charge in [-0.3, -0.25) is 9.69 Å². The second-order valence-electron chi connectivity index (χ2n) is 9.16. The van der Waals surface area contributed by atoms with E-state index in [-0.39, 0.29) is 12.7 Å². The van der Waals surface area contributed by atoms with Gasteiger partial charge in [-0.2, -0.15) is 0 Å². The molecule has 0 unspecified atom stereocenters. The van der Waals surface area contributed by atoms with Crippen LogP contribution in [0.25, 0.3) is 0 Å². The van der Waals surface area contributed by atoms with Crippen LogP contribution >= 0.6 is 0 Å². The molecule has 0 radical (unpaired) electrons. The number of likely N-dealkylation sites (N-methyl/N-ethyl adjacent to an activating group) is 1. The Labute approximate surface area is 167 Å². The highest BCUT2D eigenvalue weighted by atomic mass is 16.7. The molecule has 152 valence electrons. The Morgan fingerprint density at radius 1 is 1.14 bits per heavy atom. The summed E-state index contributed by atoms with van der Waals surface area (Å²) in [6, 6.07) is 6.79. The van der Waals surface area contributed by atoms with Crippen LogP contribution in [0.1, 0.15) is 36.0 Å². The van der Waals surface area contributed by atoms with Gasteiger partial charge in [-0.05, 0) is 69.9 Å². The minimum atomic E-state index is 0.140. The maximum absolute atomic E-state index is 13.3. The SMILES string of the molecule is CN(C)C[C@H]1[C@H]2C[C@H](CN(C(=O)c3ccc4c(c3)OCO4)C2)[C@@H]2CCCCN21. The standard InChI is InChI=1S/C22H31N3O3/c1-23(2)13-19-17-9-16(18-5-3-4-8-25(18)19)11-24(12-17)22(26)15-6-7-20-21(10-15)28-14-27-20/h6-7,10,16-19H,3-5,8-9,11-14H2,1-2H3/t16-,17+,18+,19+/m1/s1. The van der Waals surface area contributed by atoms with E-state index in [1.165, 1.54) is 32.2 Å². The van der Waals surface area contributed by atoms with Crippen molar-refractivity contribution in [2.24, 2.45) is 11.8 Å². The zero-order chi connectivity index (χ0) is 19.3. The van der Waals surface area contributed by atoms with Gasteiger partial charge >= 0.3 is 0 Å². The van der Waals surface area contributed by atoms with E-state index in [4.69, 9.17) is 9.47 Å². The van der Waals surface area contributed by atoms with E-state index < -0.39 is 0 Å². The van der Waals surface area contributed by atoms with Crippen LogP contribution in [0, 0.1) is 11.8 Å². The lowest BCUT2D eigenvalue weighted by Crippen LogP contribution is -2.65. The first kappa shape index (κ1) is 18.3. The molecule has 4 heterocycles. The van der Waals surface area contributed by atoms with Gasteiger partial charge in [0.15, 0.2) is 11.5 Å². The third-order valence-corrected chi connectivity index (χ3v) is 7.08. The number of rotatable bonds is 3. The number of piperidine rings is 3. The molecular weight excluding hydrogens is 354 g/mol. The maximum atomic E-state index is 13.3. The Kier molecular flexibility index (Phi) is 4.71. The van der Waals surface area contributed by atoms with Gasteiger partial charge in [-0.1, -0.05) is 6.42 Å². The van der Waals surface area contributed by atoms with Crippen molar-refractivity contribution in [2.75, 3.05) is 47.1 Å². The molecule has 0 N–H and O–H groups in total. The second-order valence-corrected chi connectivity index (χ2v) is 9.16. The largest absolute Gasteiger partial charge is 0.454 e. The zero-order valence-electron chi connectivity index (χ0n) is 17.0. The number of benzene rings is 1. The van der Waals surface area contributed by atoms with Crippen LogP contribution < -0.4 is 9.47 Å². The van der Waals surface area contributed by atoms with Gasteiger partial charge in [0.25, 0.3) is 5.91 Å². The van der Waals surface area contributed by atoms with Crippen molar-refractivity contribution in [3.8, 4) is 11.5 Å². The number of amides is 1. The topological polar surface area (TPSA) is 45.3 Å². The molecule has 0 aromatic heterocycles. The van der Waals surface area contributed by atoms with Crippen molar-refractivity contribution in [2.45, 2.75) is 37.8 Å². The minimum absolute atomic E-state index is 0.140. The van der Waals surface area contributed by atoms with E-state index in [0.29, 0.717) is 35.2 Å². The fourth-order valence-corrected chi connectivity index (χ4v) is 5.91. The van der Waals surface area contributed by atoms with Crippen molar-refractivity contribution < 1.29 is 14.3 Å². The number of ether oxygens (including phenoxy) is 2. The fourth-order valence-electron chi connectivity index (χ4n) is 5.91. The molecule has 1 amide bonds. The van der Waals surface area contributed by atoms with Crippen molar-refractivity contribution in [1.82, 2.24) is 14.7 Å². The molecule has 2 bridgehead atoms. The second kappa shape index (κ2) is 7.23. The van der Waals surface area contributed by atoms with Crippen molar-refractivity contribution >= 4 is 5.91 Å². The monoisotopic (exact) mass is 385 g/mol. The number of hydrogen-bond acceptors (Lipinski definition) is 5. The molecule has 5 rings (SSSR count). The summed E-state index contributed by atoms with van der Waals surface area (Å²) in [4.78, 5) is 20.6. The Morgan fingerprint density at radius 2 is 1.96 bits per heavy atom. The summed E-state index contributed by atoms with van der Waals surface area (Å²) in [5.74, 6) is 2.73. The highest BCUT2D eigenvalue weighted by Crippen LogP contribution is 2.42. The molecule has 3 fully saturated rings. The molecule has 3 saturated heterocycles. The van der Waals surface area contributed by atoms with Crippen LogP contribution in [-0.4, -0.2) is 79.8 Å². The molecule has 1 aromatic rings. The minimum Gasteiger partial charge on any atom is -0.454 e. The van der Waals surface area contributed by atoms with E-state index in [1.54, 1.807) is 0 Å². The third kappa shape index (κ3) is 3.16. The molecule has 28 heavy (non-hydrogen) atoms. The number of hydrogen-bond donors (Lipinski definition) is 0. The van der Waals surface area contributed by atoms with Gasteiger partial charge in [0.1, 0.15) is 0 Å². The Balaban J connectivity index is 1.38. The van der Waals surface area contributed by atoms with E-state index in [1.807, 2.05) is 18.2 Å². The van der Waals surface area contributed by atoms with E-state index >= 15 is 0 Å². The molecule has 4 aliphatic heterocycles. The van der Waals surface area contributed by atoms with Crippen LogP contribution in [0.15, 0.2) is 18.2 Å². The summed E-state index contributed by atoms with van der Waals surface area (Å²) in [5.41, 5.74) is 0.717. The van der Waals surface area contributed by atoms with E-state index in [2.05, 4.69) is 28.8 Å². The molecule has 6 heteroatoms. The molecule has 6 nitrogen and oxygen atoms in total. The summed E-state index contributed by atoms with van der Waals surface area (Å²) < 4.78 is 10.9. The van der Waals surface area contributed by atoms with Gasteiger partial charge in [0.05, 0.1) is 0 Å². The molecule has 0 spiro atoms. The summed E-state index contributed by atoms with van der Waals surface area (Å²) in [5, 5.41) is 0. The third-order valence-electron chi connectivity index (χ3n) is 7.08. The van der Waals surface area contributed by atoms with Crippen LogP contribution in [0.3, 0.4) is 0 Å². The van der Waals surface area contributed by atoms with Gasteiger partial charge in [0, 0.05) is 37.3 Å². The lowest BCUT2D eigenvalue weighted by atomic mass is 9.72. The first-order chi connectivity index (χ1) is 13.6. The lowest BCUT2D eigenvalue weighted by Gasteiger charge is -2.57. The van der Waals surface area contributed by atoms with E-state index in [0.717, 1.165) is 25.4 Å². The van der Waals surface area contributed by atoms with Gasteiger partial charge in [0.2, 0.25) is 6.79 Å². The number of nitrogens with zero attached hydrogens (tertiary/aromatic N) is 3. The quantitative estimate of drug-likeness (QED) is 0.799. The van der Waals surface area contributed by atoms with Crippen LogP contribution in [0.2, 0.25) is 0 Å². The summed E-state index contributed by atoms with van der Waals surface area (Å²) in [6.07, 6.45) is 5.20. The molecule has 0 aliphatic carbocycles. The summed E-state index contributed by atoms with van der Waals surface area (Å²) in [7, 11) is 4.34. The molecular formula is C22H31N3O3. The highest BCUT2D eigenvalue weighted by molar-refractivity contribution is 5.95. The van der Waals surface area contributed by atoms with Gasteiger partial charge in [-0.25, -0.2) is 0 Å². The number of fused-ring (bicyclic) bond motifs is 5. The van der Waals surface area contributed by atoms with Crippen molar-refractivity contribution in [3.63, 3.8) is 0 Å². The highest BCUT2D eigenvalue weighted by Gasteiger charge is 2.48. The predicted molar refractivity (Wildman–Crippen MR) is 107 cm³/mol. The molecule has 1 aromatic carbocycles. The lowest BCUT2D eigenvalue weighted by molar-refractivity contribution is -0.0702. The summed E-state index contributed by atoms with van der Waals surface area (Å²) >= 11 is 0. The molecule has 0 saturated carbocycles. The Hall–Kier alpha value is -1.79. The smallest absolute Gasteiger partial charge is 0.254 e. The fraction of sp³-hybridized carbons (Fsp3) is 0.682.